The summed E-state index contributed by atoms with van der Waals surface area (Å²) in [7, 11) is 0. The lowest BCUT2D eigenvalue weighted by Crippen LogP contribution is -2.62. The fraction of sp³-hybridized carbons (Fsp3) is 0.786. The molecule has 4 nitrogen and oxygen atoms in total. The van der Waals surface area contributed by atoms with Crippen LogP contribution in [0.5, 0.6) is 0 Å². The first-order chi connectivity index (χ1) is 8.89. The summed E-state index contributed by atoms with van der Waals surface area (Å²) in [6, 6.07) is 2.01. The van der Waals surface area contributed by atoms with E-state index in [4.69, 9.17) is 0 Å². The first-order valence-corrected chi connectivity index (χ1v) is 7.32. The molecule has 2 fully saturated rings. The molecule has 0 unspecified atom stereocenters. The molecule has 1 saturated heterocycles. The van der Waals surface area contributed by atoms with Crippen molar-refractivity contribution in [3.05, 3.63) is 18.5 Å². The molecule has 1 aliphatic carbocycles. The number of hydrogen-bond acceptors (Lipinski definition) is 3. The van der Waals surface area contributed by atoms with E-state index in [1.54, 1.807) is 0 Å². The molecule has 0 atom stereocenters. The lowest BCUT2D eigenvalue weighted by Gasteiger charge is -2.50. The number of aromatic nitrogens is 2. The van der Waals surface area contributed by atoms with Gasteiger partial charge < -0.3 is 5.32 Å². The van der Waals surface area contributed by atoms with Crippen LogP contribution in [0, 0.1) is 0 Å². The standard InChI is InChI=1S/C14H24N4/c1-2-5-14(6-3-1)13-15-8-10-17(14)11-12-18-9-4-7-16-18/h4,7,9,15H,1-3,5-6,8,10-13H2. The molecule has 0 aromatic carbocycles. The Morgan fingerprint density at radius 2 is 2.06 bits per heavy atom. The molecule has 1 aromatic heterocycles. The fourth-order valence-electron chi connectivity index (χ4n) is 3.59. The minimum Gasteiger partial charge on any atom is -0.314 e. The molecule has 1 aromatic rings. The summed E-state index contributed by atoms with van der Waals surface area (Å²) in [5.74, 6) is 0. The van der Waals surface area contributed by atoms with Crippen molar-refractivity contribution < 1.29 is 0 Å². The second kappa shape index (κ2) is 5.41. The third-order valence-electron chi connectivity index (χ3n) is 4.63. The highest BCUT2D eigenvalue weighted by molar-refractivity contribution is 4.97. The van der Waals surface area contributed by atoms with Gasteiger partial charge in [-0.15, -0.1) is 0 Å². The zero-order chi connectivity index (χ0) is 12.3. The van der Waals surface area contributed by atoms with Crippen LogP contribution in [0.1, 0.15) is 32.1 Å². The van der Waals surface area contributed by atoms with Crippen molar-refractivity contribution in [2.24, 2.45) is 0 Å². The van der Waals surface area contributed by atoms with Gasteiger partial charge in [0.25, 0.3) is 0 Å². The molecule has 1 spiro atoms. The largest absolute Gasteiger partial charge is 0.314 e. The Hall–Kier alpha value is -0.870. The van der Waals surface area contributed by atoms with E-state index in [0.29, 0.717) is 5.54 Å². The maximum atomic E-state index is 4.31. The van der Waals surface area contributed by atoms with E-state index in [0.717, 1.165) is 19.6 Å². The number of rotatable bonds is 3. The maximum absolute atomic E-state index is 4.31. The van der Waals surface area contributed by atoms with E-state index in [1.165, 1.54) is 45.2 Å². The third-order valence-corrected chi connectivity index (χ3v) is 4.63. The highest BCUT2D eigenvalue weighted by Gasteiger charge is 2.39. The first kappa shape index (κ1) is 12.2. The Labute approximate surface area is 109 Å². The van der Waals surface area contributed by atoms with Crippen LogP contribution in [0.25, 0.3) is 0 Å². The Morgan fingerprint density at radius 3 is 2.83 bits per heavy atom. The van der Waals surface area contributed by atoms with Crippen LogP contribution >= 0.6 is 0 Å². The second-order valence-electron chi connectivity index (χ2n) is 5.72. The minimum atomic E-state index is 0.448. The number of nitrogens with zero attached hydrogens (tertiary/aromatic N) is 3. The summed E-state index contributed by atoms with van der Waals surface area (Å²) in [6.45, 7) is 5.69. The van der Waals surface area contributed by atoms with E-state index < -0.39 is 0 Å². The summed E-state index contributed by atoms with van der Waals surface area (Å²) in [4.78, 5) is 2.73. The zero-order valence-electron chi connectivity index (χ0n) is 11.1. The Balaban J connectivity index is 1.64. The van der Waals surface area contributed by atoms with Crippen molar-refractivity contribution in [1.82, 2.24) is 20.0 Å². The van der Waals surface area contributed by atoms with Crippen LogP contribution in [0.3, 0.4) is 0 Å². The maximum Gasteiger partial charge on any atom is 0.0536 e. The van der Waals surface area contributed by atoms with Gasteiger partial charge >= 0.3 is 0 Å². The van der Waals surface area contributed by atoms with E-state index >= 15 is 0 Å². The fourth-order valence-corrected chi connectivity index (χ4v) is 3.59. The van der Waals surface area contributed by atoms with E-state index in [2.05, 4.69) is 26.2 Å². The predicted octanol–water partition coefficient (Wildman–Crippen LogP) is 1.49. The molecule has 1 N–H and O–H groups in total. The van der Waals surface area contributed by atoms with Crippen molar-refractivity contribution in [2.45, 2.75) is 44.2 Å². The molecular formula is C14H24N4. The molecule has 1 aliphatic heterocycles. The lowest BCUT2D eigenvalue weighted by molar-refractivity contribution is 0.0243. The van der Waals surface area contributed by atoms with Crippen molar-refractivity contribution >= 4 is 0 Å². The van der Waals surface area contributed by atoms with Gasteiger partial charge in [-0.25, -0.2) is 0 Å². The van der Waals surface area contributed by atoms with Gasteiger partial charge in [-0.05, 0) is 18.9 Å². The highest BCUT2D eigenvalue weighted by Crippen LogP contribution is 2.34. The Bertz CT molecular complexity index is 346. The van der Waals surface area contributed by atoms with Gasteiger partial charge in [-0.1, -0.05) is 19.3 Å². The van der Waals surface area contributed by atoms with E-state index in [-0.39, 0.29) is 0 Å². The smallest absolute Gasteiger partial charge is 0.0536 e. The molecule has 0 amide bonds. The topological polar surface area (TPSA) is 33.1 Å². The van der Waals surface area contributed by atoms with Gasteiger partial charge in [0.05, 0.1) is 6.54 Å². The summed E-state index contributed by atoms with van der Waals surface area (Å²) < 4.78 is 2.05. The average molecular weight is 248 g/mol. The van der Waals surface area contributed by atoms with Crippen LogP contribution in [0.15, 0.2) is 18.5 Å². The van der Waals surface area contributed by atoms with E-state index in [9.17, 15) is 0 Å². The van der Waals surface area contributed by atoms with Crippen LogP contribution in [0.4, 0.5) is 0 Å². The molecule has 1 saturated carbocycles. The predicted molar refractivity (Wildman–Crippen MR) is 72.5 cm³/mol. The van der Waals surface area contributed by atoms with Gasteiger partial charge in [0.2, 0.25) is 0 Å². The highest BCUT2D eigenvalue weighted by atomic mass is 15.3. The van der Waals surface area contributed by atoms with Crippen molar-refractivity contribution in [3.8, 4) is 0 Å². The molecule has 4 heteroatoms. The van der Waals surface area contributed by atoms with Crippen LogP contribution in [0.2, 0.25) is 0 Å². The van der Waals surface area contributed by atoms with Gasteiger partial charge in [-0.2, -0.15) is 5.10 Å². The Morgan fingerprint density at radius 1 is 1.17 bits per heavy atom. The van der Waals surface area contributed by atoms with Crippen molar-refractivity contribution in [3.63, 3.8) is 0 Å². The molecule has 0 bridgehead atoms. The second-order valence-corrected chi connectivity index (χ2v) is 5.72. The van der Waals surface area contributed by atoms with Gasteiger partial charge in [0.15, 0.2) is 0 Å². The van der Waals surface area contributed by atoms with Crippen molar-refractivity contribution in [1.29, 1.82) is 0 Å². The number of piperazine rings is 1. The van der Waals surface area contributed by atoms with Gasteiger partial charge in [-0.3, -0.25) is 9.58 Å². The van der Waals surface area contributed by atoms with E-state index in [1.807, 2.05) is 12.3 Å². The Kier molecular flexibility index (Phi) is 3.66. The summed E-state index contributed by atoms with van der Waals surface area (Å²) in [5, 5.41) is 7.91. The van der Waals surface area contributed by atoms with Gasteiger partial charge in [0.1, 0.15) is 0 Å². The molecule has 2 aliphatic rings. The lowest BCUT2D eigenvalue weighted by atomic mass is 9.79. The molecule has 0 radical (unpaired) electrons. The normalized spacial score (nSPS) is 24.4. The quantitative estimate of drug-likeness (QED) is 0.880. The van der Waals surface area contributed by atoms with Crippen LogP contribution in [-0.4, -0.2) is 46.4 Å². The molecule has 100 valence electrons. The molecule has 3 rings (SSSR count). The summed E-state index contributed by atoms with van der Waals surface area (Å²) in [5.41, 5.74) is 0.448. The summed E-state index contributed by atoms with van der Waals surface area (Å²) >= 11 is 0. The number of hydrogen-bond donors (Lipinski definition) is 1. The monoisotopic (exact) mass is 248 g/mol. The van der Waals surface area contributed by atoms with Gasteiger partial charge in [0, 0.05) is 44.1 Å². The van der Waals surface area contributed by atoms with Crippen molar-refractivity contribution in [2.75, 3.05) is 26.2 Å². The average Bonchev–Trinajstić information content (AvgIpc) is 2.92. The third kappa shape index (κ3) is 2.45. The SMILES string of the molecule is c1cnn(CCN2CCNCC23CCCCC3)c1. The minimum absolute atomic E-state index is 0.448. The molecular weight excluding hydrogens is 224 g/mol. The zero-order valence-corrected chi connectivity index (χ0v) is 11.1. The molecule has 2 heterocycles. The number of nitrogens with one attached hydrogen (secondary N) is 1. The summed E-state index contributed by atoms with van der Waals surface area (Å²) in [6.07, 6.45) is 10.9. The molecule has 18 heavy (non-hydrogen) atoms. The van der Waals surface area contributed by atoms with Crippen LogP contribution < -0.4 is 5.32 Å². The van der Waals surface area contributed by atoms with Crippen LogP contribution in [-0.2, 0) is 6.54 Å². The first-order valence-electron chi connectivity index (χ1n) is 7.32.